The van der Waals surface area contributed by atoms with Crippen molar-refractivity contribution in [3.63, 3.8) is 0 Å². The second kappa shape index (κ2) is 5.09. The van der Waals surface area contributed by atoms with Gasteiger partial charge in [-0.3, -0.25) is 4.52 Å². The summed E-state index contributed by atoms with van der Waals surface area (Å²) in [5.41, 5.74) is 0. The van der Waals surface area contributed by atoms with Gasteiger partial charge in [0.1, 0.15) is 0 Å². The van der Waals surface area contributed by atoms with E-state index in [0.717, 1.165) is 0 Å². The number of hydrogen-bond donors (Lipinski definition) is 3. The van der Waals surface area contributed by atoms with Crippen LogP contribution in [-0.4, -0.2) is 33.5 Å². The summed E-state index contributed by atoms with van der Waals surface area (Å²) in [6, 6.07) is 0. The Morgan fingerprint density at radius 2 is 2.09 bits per heavy atom. The van der Waals surface area contributed by atoms with E-state index >= 15 is 0 Å². The van der Waals surface area contributed by atoms with E-state index in [2.05, 4.69) is 4.52 Å². The summed E-state index contributed by atoms with van der Waals surface area (Å²) >= 11 is 5.20. The van der Waals surface area contributed by atoms with Gasteiger partial charge >= 0.3 is 7.82 Å². The molecule has 5 nitrogen and oxygen atoms in total. The van der Waals surface area contributed by atoms with Crippen molar-refractivity contribution in [1.82, 2.24) is 0 Å². The van der Waals surface area contributed by atoms with E-state index in [1.165, 1.54) is 0 Å². The number of halogens is 1. The molecule has 0 radical (unpaired) electrons. The minimum atomic E-state index is -4.39. The van der Waals surface area contributed by atoms with E-state index in [9.17, 15) is 4.57 Å². The molecule has 0 heterocycles. The second-order valence-corrected chi connectivity index (χ2v) is 3.47. The van der Waals surface area contributed by atoms with Crippen molar-refractivity contribution < 1.29 is 24.0 Å². The fourth-order valence-corrected chi connectivity index (χ4v) is 0.882. The smallest absolute Gasteiger partial charge is 0.392 e. The third-order valence-corrected chi connectivity index (χ3v) is 1.76. The van der Waals surface area contributed by atoms with Crippen molar-refractivity contribution in [2.75, 3.05) is 12.5 Å². The molecular weight excluding hydrogens is 194 g/mol. The minimum absolute atomic E-state index is 0.0323. The van der Waals surface area contributed by atoms with Gasteiger partial charge in [-0.15, -0.1) is 11.6 Å². The molecule has 0 aromatic carbocycles. The van der Waals surface area contributed by atoms with Crippen LogP contribution in [0.1, 0.15) is 6.42 Å². The Morgan fingerprint density at radius 1 is 1.55 bits per heavy atom. The van der Waals surface area contributed by atoms with Gasteiger partial charge in [0.05, 0.1) is 12.7 Å². The molecule has 0 amide bonds. The lowest BCUT2D eigenvalue weighted by Crippen LogP contribution is -2.11. The molecule has 0 saturated heterocycles. The van der Waals surface area contributed by atoms with Crippen molar-refractivity contribution in [3.05, 3.63) is 0 Å². The summed E-state index contributed by atoms with van der Waals surface area (Å²) in [4.78, 5) is 16.4. The first-order valence-corrected chi connectivity index (χ1v) is 4.96. The third-order valence-electron chi connectivity index (χ3n) is 0.889. The predicted octanol–water partition coefficient (Wildman–Crippen LogP) is 0.0855. The number of hydrogen-bond acceptors (Lipinski definition) is 3. The maximum absolute atomic E-state index is 10.1. The van der Waals surface area contributed by atoms with Crippen molar-refractivity contribution in [2.45, 2.75) is 12.5 Å². The quantitative estimate of drug-likeness (QED) is 0.436. The lowest BCUT2D eigenvalue weighted by Gasteiger charge is -2.07. The van der Waals surface area contributed by atoms with Gasteiger partial charge in [-0.2, -0.15) is 0 Å². The Morgan fingerprint density at radius 3 is 2.45 bits per heavy atom. The van der Waals surface area contributed by atoms with E-state index in [4.69, 9.17) is 26.5 Å². The van der Waals surface area contributed by atoms with Crippen LogP contribution in [0.5, 0.6) is 0 Å². The highest BCUT2D eigenvalue weighted by molar-refractivity contribution is 7.46. The SMILES string of the molecule is O=P(O)(O)OCCC(O)CCl. The molecule has 0 aliphatic rings. The predicted molar refractivity (Wildman–Crippen MR) is 39.3 cm³/mol. The molecule has 3 N–H and O–H groups in total. The molecular formula is C4H10ClO5P. The lowest BCUT2D eigenvalue weighted by molar-refractivity contribution is 0.137. The van der Waals surface area contributed by atoms with Crippen LogP contribution in [0.4, 0.5) is 0 Å². The second-order valence-electron chi connectivity index (χ2n) is 1.92. The molecule has 0 rings (SSSR count). The third kappa shape index (κ3) is 8.26. The summed E-state index contributed by atoms with van der Waals surface area (Å²) in [6.45, 7) is -0.196. The first-order chi connectivity index (χ1) is 4.95. The highest BCUT2D eigenvalue weighted by Gasteiger charge is 2.13. The van der Waals surface area contributed by atoms with Gasteiger partial charge < -0.3 is 14.9 Å². The number of aliphatic hydroxyl groups is 1. The van der Waals surface area contributed by atoms with Crippen LogP contribution in [0.15, 0.2) is 0 Å². The van der Waals surface area contributed by atoms with E-state index < -0.39 is 13.9 Å². The van der Waals surface area contributed by atoms with Crippen LogP contribution in [-0.2, 0) is 9.09 Å². The van der Waals surface area contributed by atoms with Gasteiger partial charge in [0.25, 0.3) is 0 Å². The zero-order valence-electron chi connectivity index (χ0n) is 5.68. The van der Waals surface area contributed by atoms with E-state index in [0.29, 0.717) is 0 Å². The number of phosphoric ester groups is 1. The molecule has 11 heavy (non-hydrogen) atoms. The molecule has 1 atom stereocenters. The zero-order valence-corrected chi connectivity index (χ0v) is 7.33. The van der Waals surface area contributed by atoms with Gasteiger partial charge in [-0.25, -0.2) is 4.57 Å². The van der Waals surface area contributed by atoms with Crippen molar-refractivity contribution in [1.29, 1.82) is 0 Å². The first kappa shape index (κ1) is 11.4. The monoisotopic (exact) mass is 204 g/mol. The highest BCUT2D eigenvalue weighted by atomic mass is 35.5. The molecule has 7 heteroatoms. The minimum Gasteiger partial charge on any atom is -0.392 e. The first-order valence-electron chi connectivity index (χ1n) is 2.90. The molecule has 0 bridgehead atoms. The summed E-state index contributed by atoms with van der Waals surface area (Å²) in [6.07, 6.45) is -0.655. The number of rotatable bonds is 5. The van der Waals surface area contributed by atoms with Crippen LogP contribution in [0.25, 0.3) is 0 Å². The summed E-state index contributed by atoms with van der Waals surface area (Å²) in [5.74, 6) is 0.0323. The molecule has 0 aromatic rings. The Balaban J connectivity index is 3.35. The topological polar surface area (TPSA) is 87.0 Å². The molecule has 0 aliphatic carbocycles. The van der Waals surface area contributed by atoms with Crippen LogP contribution in [0.2, 0.25) is 0 Å². The Kier molecular flexibility index (Phi) is 5.25. The van der Waals surface area contributed by atoms with Crippen molar-refractivity contribution in [3.8, 4) is 0 Å². The van der Waals surface area contributed by atoms with Crippen LogP contribution in [0, 0.1) is 0 Å². The summed E-state index contributed by atoms with van der Waals surface area (Å²) in [5, 5.41) is 8.79. The zero-order chi connectivity index (χ0) is 8.91. The number of phosphoric acid groups is 1. The van der Waals surface area contributed by atoms with Crippen molar-refractivity contribution in [2.24, 2.45) is 0 Å². The number of alkyl halides is 1. The Labute approximate surface area is 69.2 Å². The molecule has 1 unspecified atom stereocenters. The van der Waals surface area contributed by atoms with Gasteiger partial charge in [0.15, 0.2) is 0 Å². The van der Waals surface area contributed by atoms with Gasteiger partial charge in [0, 0.05) is 5.88 Å². The Bertz CT molecular complexity index is 145. The number of aliphatic hydroxyl groups excluding tert-OH is 1. The van der Waals surface area contributed by atoms with Gasteiger partial charge in [0.2, 0.25) is 0 Å². The summed E-state index contributed by atoms with van der Waals surface area (Å²) in [7, 11) is -4.39. The van der Waals surface area contributed by atoms with Gasteiger partial charge in [-0.1, -0.05) is 0 Å². The molecule has 0 aromatic heterocycles. The maximum Gasteiger partial charge on any atom is 0.469 e. The van der Waals surface area contributed by atoms with E-state index in [1.54, 1.807) is 0 Å². The normalized spacial score (nSPS) is 14.9. The van der Waals surface area contributed by atoms with E-state index in [-0.39, 0.29) is 18.9 Å². The molecule has 0 spiro atoms. The van der Waals surface area contributed by atoms with Crippen LogP contribution < -0.4 is 0 Å². The lowest BCUT2D eigenvalue weighted by atomic mass is 10.3. The maximum atomic E-state index is 10.1. The summed E-state index contributed by atoms with van der Waals surface area (Å²) < 4.78 is 14.1. The Hall–Kier alpha value is 0.360. The molecule has 0 fully saturated rings. The van der Waals surface area contributed by atoms with Crippen LogP contribution >= 0.6 is 19.4 Å². The fourth-order valence-electron chi connectivity index (χ4n) is 0.385. The van der Waals surface area contributed by atoms with Crippen LogP contribution in [0.3, 0.4) is 0 Å². The fraction of sp³-hybridized carbons (Fsp3) is 1.00. The van der Waals surface area contributed by atoms with Crippen molar-refractivity contribution >= 4 is 19.4 Å². The standard InChI is InChI=1S/C4H10ClO5P/c5-3-4(6)1-2-10-11(7,8)9/h4,6H,1-3H2,(H2,7,8,9). The molecule has 68 valence electrons. The molecule has 0 saturated carbocycles. The highest BCUT2D eigenvalue weighted by Crippen LogP contribution is 2.35. The average molecular weight is 205 g/mol. The van der Waals surface area contributed by atoms with Gasteiger partial charge in [-0.05, 0) is 6.42 Å². The average Bonchev–Trinajstić information content (AvgIpc) is 1.85. The molecule has 0 aliphatic heterocycles. The van der Waals surface area contributed by atoms with E-state index in [1.807, 2.05) is 0 Å². The largest absolute Gasteiger partial charge is 0.469 e.